The Balaban J connectivity index is 0.000000861. The summed E-state index contributed by atoms with van der Waals surface area (Å²) in [5, 5.41) is 0.647. The van der Waals surface area contributed by atoms with E-state index in [1.807, 2.05) is 27.7 Å². The van der Waals surface area contributed by atoms with Crippen molar-refractivity contribution in [2.75, 3.05) is 0 Å². The number of aryl methyl sites for hydroxylation is 2. The van der Waals surface area contributed by atoms with Crippen LogP contribution in [0.2, 0.25) is 0 Å². The third-order valence-electron chi connectivity index (χ3n) is 2.78. The number of benzene rings is 1. The molecule has 1 aromatic heterocycles. The highest BCUT2D eigenvalue weighted by Gasteiger charge is 2.34. The summed E-state index contributed by atoms with van der Waals surface area (Å²) in [4.78, 5) is 0. The lowest BCUT2D eigenvalue weighted by Crippen LogP contribution is -2.08. The lowest BCUT2D eigenvalue weighted by atomic mass is 10.1. The first-order valence-corrected chi connectivity index (χ1v) is 7.00. The van der Waals surface area contributed by atoms with Crippen molar-refractivity contribution in [3.8, 4) is 0 Å². The monoisotopic (exact) mass is 335 g/mol. The first-order chi connectivity index (χ1) is 8.84. The average molecular weight is 336 g/mol. The number of aromatic nitrogens is 1. The lowest BCUT2D eigenvalue weighted by Gasteiger charge is -2.12. The van der Waals surface area contributed by atoms with Gasteiger partial charge in [0, 0.05) is 22.6 Å². The van der Waals surface area contributed by atoms with E-state index in [0.717, 1.165) is 11.6 Å². The Morgan fingerprint density at radius 2 is 1.79 bits per heavy atom. The molecular formula is C14H17BrF3N. The molecule has 1 aromatic carbocycles. The molecule has 1 heterocycles. The summed E-state index contributed by atoms with van der Waals surface area (Å²) in [6.07, 6.45) is -2.58. The summed E-state index contributed by atoms with van der Waals surface area (Å²) in [6.45, 7) is 8.18. The topological polar surface area (TPSA) is 4.93 Å². The molecule has 2 rings (SSSR count). The number of alkyl halides is 3. The van der Waals surface area contributed by atoms with Crippen molar-refractivity contribution >= 4 is 26.8 Å². The Morgan fingerprint density at radius 1 is 1.21 bits per heavy atom. The second-order valence-electron chi connectivity index (χ2n) is 3.95. The minimum atomic E-state index is -4.33. The molecule has 0 bridgehead atoms. The molecule has 0 saturated carbocycles. The molecule has 0 aliphatic heterocycles. The Bertz CT molecular complexity index is 570. The normalized spacial score (nSPS) is 11.4. The Morgan fingerprint density at radius 3 is 2.26 bits per heavy atom. The van der Waals surface area contributed by atoms with Crippen LogP contribution in [0.4, 0.5) is 13.2 Å². The van der Waals surface area contributed by atoms with Crippen LogP contribution in [0.1, 0.15) is 31.9 Å². The van der Waals surface area contributed by atoms with Crippen molar-refractivity contribution in [2.45, 2.75) is 40.4 Å². The second kappa shape index (κ2) is 5.99. The van der Waals surface area contributed by atoms with Gasteiger partial charge in [0.05, 0.1) is 11.1 Å². The van der Waals surface area contributed by atoms with E-state index in [-0.39, 0.29) is 5.52 Å². The van der Waals surface area contributed by atoms with Gasteiger partial charge in [-0.1, -0.05) is 29.8 Å². The van der Waals surface area contributed by atoms with E-state index < -0.39 is 11.7 Å². The van der Waals surface area contributed by atoms with Gasteiger partial charge in [0.1, 0.15) is 0 Å². The number of halogens is 4. The van der Waals surface area contributed by atoms with Gasteiger partial charge in [-0.3, -0.25) is 0 Å². The Hall–Kier alpha value is -0.970. The molecule has 0 spiro atoms. The number of nitrogens with zero attached hydrogens (tertiary/aromatic N) is 1. The molecule has 19 heavy (non-hydrogen) atoms. The van der Waals surface area contributed by atoms with E-state index in [1.165, 1.54) is 0 Å². The molecule has 0 saturated heterocycles. The summed E-state index contributed by atoms with van der Waals surface area (Å²) in [5.74, 6) is 0. The molecule has 1 nitrogen and oxygen atoms in total. The Kier molecular flexibility index (Phi) is 5.07. The summed E-state index contributed by atoms with van der Waals surface area (Å²) in [6, 6.07) is 2.86. The Labute approximate surface area is 119 Å². The van der Waals surface area contributed by atoms with Crippen molar-refractivity contribution in [2.24, 2.45) is 0 Å². The van der Waals surface area contributed by atoms with Gasteiger partial charge in [0.25, 0.3) is 0 Å². The maximum Gasteiger partial charge on any atom is 0.418 e. The van der Waals surface area contributed by atoms with Gasteiger partial charge in [-0.2, -0.15) is 13.2 Å². The number of hydrogen-bond donors (Lipinski definition) is 0. The molecule has 0 aliphatic carbocycles. The van der Waals surface area contributed by atoms with Crippen LogP contribution in [0.15, 0.2) is 22.8 Å². The van der Waals surface area contributed by atoms with E-state index in [4.69, 9.17) is 0 Å². The quantitative estimate of drug-likeness (QED) is 0.622. The first-order valence-electron chi connectivity index (χ1n) is 6.20. The van der Waals surface area contributed by atoms with E-state index >= 15 is 0 Å². The van der Waals surface area contributed by atoms with Gasteiger partial charge in [0.2, 0.25) is 0 Å². The van der Waals surface area contributed by atoms with E-state index in [0.29, 0.717) is 16.4 Å². The molecule has 0 N–H and O–H groups in total. The highest BCUT2D eigenvalue weighted by atomic mass is 79.9. The van der Waals surface area contributed by atoms with Crippen LogP contribution in [-0.4, -0.2) is 4.57 Å². The third kappa shape index (κ3) is 3.14. The minimum absolute atomic E-state index is 0.265. The molecule has 0 unspecified atom stereocenters. The zero-order valence-corrected chi connectivity index (χ0v) is 13.0. The fourth-order valence-electron chi connectivity index (χ4n) is 2.04. The van der Waals surface area contributed by atoms with Gasteiger partial charge in [0.15, 0.2) is 0 Å². The van der Waals surface area contributed by atoms with E-state index in [9.17, 15) is 13.2 Å². The number of hydrogen-bond acceptors (Lipinski definition) is 0. The maximum atomic E-state index is 13.0. The predicted octanol–water partition coefficient (Wildman–Crippen LogP) is 5.78. The molecule has 0 amide bonds. The summed E-state index contributed by atoms with van der Waals surface area (Å²) < 4.78 is 41.1. The smallest absolute Gasteiger partial charge is 0.347 e. The maximum absolute atomic E-state index is 13.0. The highest BCUT2D eigenvalue weighted by Crippen LogP contribution is 2.38. The van der Waals surface area contributed by atoms with Crippen LogP contribution in [0.3, 0.4) is 0 Å². The van der Waals surface area contributed by atoms with Gasteiger partial charge in [-0.15, -0.1) is 0 Å². The minimum Gasteiger partial charge on any atom is -0.347 e. The van der Waals surface area contributed by atoms with Crippen molar-refractivity contribution in [1.82, 2.24) is 4.57 Å². The molecule has 0 fully saturated rings. The molecule has 5 heteroatoms. The third-order valence-corrected chi connectivity index (χ3v) is 3.24. The van der Waals surface area contributed by atoms with Crippen LogP contribution >= 0.6 is 15.9 Å². The predicted molar refractivity (Wildman–Crippen MR) is 76.4 cm³/mol. The van der Waals surface area contributed by atoms with Crippen LogP contribution in [-0.2, 0) is 12.7 Å². The fourth-order valence-corrected chi connectivity index (χ4v) is 2.50. The van der Waals surface area contributed by atoms with Gasteiger partial charge in [-0.05, 0) is 31.5 Å². The highest BCUT2D eigenvalue weighted by molar-refractivity contribution is 9.10. The van der Waals surface area contributed by atoms with E-state index in [1.54, 1.807) is 16.8 Å². The van der Waals surface area contributed by atoms with Crippen LogP contribution < -0.4 is 0 Å². The SMILES string of the molecule is CC.CCn1cc(C)c2cc(Br)cc(C(F)(F)F)c21. The van der Waals surface area contributed by atoms with Gasteiger partial charge < -0.3 is 4.57 Å². The van der Waals surface area contributed by atoms with Crippen molar-refractivity contribution in [3.63, 3.8) is 0 Å². The first kappa shape index (κ1) is 16.1. The summed E-state index contributed by atoms with van der Waals surface area (Å²) in [5.41, 5.74) is 0.533. The van der Waals surface area contributed by atoms with Crippen molar-refractivity contribution in [3.05, 3.63) is 33.9 Å². The zero-order valence-electron chi connectivity index (χ0n) is 11.4. The standard InChI is InChI=1S/C12H11BrF3N.C2H6/c1-3-17-6-7(2)9-4-8(13)5-10(11(9)17)12(14,15)16;1-2/h4-6H,3H2,1-2H3;1-2H3. The molecule has 2 aromatic rings. The number of rotatable bonds is 1. The molecule has 106 valence electrons. The largest absolute Gasteiger partial charge is 0.418 e. The zero-order chi connectivity index (χ0) is 14.8. The number of fused-ring (bicyclic) bond motifs is 1. The molecule has 0 aliphatic rings. The lowest BCUT2D eigenvalue weighted by molar-refractivity contribution is -0.136. The summed E-state index contributed by atoms with van der Waals surface area (Å²) in [7, 11) is 0. The molecule has 0 radical (unpaired) electrons. The van der Waals surface area contributed by atoms with Crippen LogP contribution in [0.25, 0.3) is 10.9 Å². The average Bonchev–Trinajstić information content (AvgIpc) is 2.67. The summed E-state index contributed by atoms with van der Waals surface area (Å²) >= 11 is 3.13. The van der Waals surface area contributed by atoms with Gasteiger partial charge in [-0.25, -0.2) is 0 Å². The van der Waals surface area contributed by atoms with Gasteiger partial charge >= 0.3 is 6.18 Å². The van der Waals surface area contributed by atoms with Crippen molar-refractivity contribution in [1.29, 1.82) is 0 Å². The second-order valence-corrected chi connectivity index (χ2v) is 4.86. The van der Waals surface area contributed by atoms with Crippen LogP contribution in [0.5, 0.6) is 0 Å². The molecule has 0 atom stereocenters. The fraction of sp³-hybridized carbons (Fsp3) is 0.429. The van der Waals surface area contributed by atoms with Crippen molar-refractivity contribution < 1.29 is 13.2 Å². The van der Waals surface area contributed by atoms with Crippen LogP contribution in [0, 0.1) is 6.92 Å². The van der Waals surface area contributed by atoms with E-state index in [2.05, 4.69) is 15.9 Å². The molecular weight excluding hydrogens is 319 g/mol.